The molecule has 1 saturated heterocycles. The minimum Gasteiger partial charge on any atom is -0.369 e. The summed E-state index contributed by atoms with van der Waals surface area (Å²) in [7, 11) is -4.00. The zero-order chi connectivity index (χ0) is 21.0. The van der Waals surface area contributed by atoms with E-state index in [1.54, 1.807) is 24.3 Å². The lowest BCUT2D eigenvalue weighted by Gasteiger charge is -2.26. The van der Waals surface area contributed by atoms with Gasteiger partial charge < -0.3 is 11.1 Å². The SMILES string of the molecule is NC(=O)Cc1ccc(NC(=O)c2ccc(F)c(S(=O)(=O)N3CCCCC3)c2)cc1. The van der Waals surface area contributed by atoms with Crippen LogP contribution in [-0.4, -0.2) is 37.6 Å². The van der Waals surface area contributed by atoms with Crippen molar-refractivity contribution in [2.24, 2.45) is 5.73 Å². The molecule has 1 aliphatic heterocycles. The number of nitrogens with two attached hydrogens (primary N) is 1. The number of primary amides is 1. The highest BCUT2D eigenvalue weighted by atomic mass is 32.2. The molecule has 3 N–H and O–H groups in total. The van der Waals surface area contributed by atoms with Crippen molar-refractivity contribution in [2.45, 2.75) is 30.6 Å². The number of hydrogen-bond acceptors (Lipinski definition) is 4. The molecule has 7 nitrogen and oxygen atoms in total. The lowest BCUT2D eigenvalue weighted by atomic mass is 10.1. The van der Waals surface area contributed by atoms with Gasteiger partial charge in [-0.2, -0.15) is 4.31 Å². The van der Waals surface area contributed by atoms with E-state index in [1.165, 1.54) is 10.4 Å². The molecule has 3 rings (SSSR count). The summed E-state index contributed by atoms with van der Waals surface area (Å²) in [6, 6.07) is 9.80. The van der Waals surface area contributed by atoms with Gasteiger partial charge in [0.2, 0.25) is 15.9 Å². The molecule has 0 radical (unpaired) electrons. The number of benzene rings is 2. The fourth-order valence-electron chi connectivity index (χ4n) is 3.20. The number of hydrogen-bond donors (Lipinski definition) is 2. The number of sulfonamides is 1. The third-order valence-corrected chi connectivity index (χ3v) is 6.63. The molecule has 1 heterocycles. The van der Waals surface area contributed by atoms with Gasteiger partial charge in [0.05, 0.1) is 6.42 Å². The highest BCUT2D eigenvalue weighted by Crippen LogP contribution is 2.24. The molecular weight excluding hydrogens is 397 g/mol. The van der Waals surface area contributed by atoms with Gasteiger partial charge in [0.25, 0.3) is 5.91 Å². The fourth-order valence-corrected chi connectivity index (χ4v) is 4.80. The fraction of sp³-hybridized carbons (Fsp3) is 0.300. The predicted octanol–water partition coefficient (Wildman–Crippen LogP) is 2.28. The van der Waals surface area contributed by atoms with E-state index in [1.807, 2.05) is 0 Å². The molecule has 154 valence electrons. The van der Waals surface area contributed by atoms with E-state index in [0.29, 0.717) is 24.3 Å². The average Bonchev–Trinajstić information content (AvgIpc) is 2.70. The monoisotopic (exact) mass is 419 g/mol. The van der Waals surface area contributed by atoms with Crippen LogP contribution in [0.3, 0.4) is 0 Å². The van der Waals surface area contributed by atoms with Gasteiger partial charge in [0, 0.05) is 24.3 Å². The number of anilines is 1. The molecule has 0 saturated carbocycles. The third-order valence-electron chi connectivity index (χ3n) is 4.72. The molecule has 0 aliphatic carbocycles. The summed E-state index contributed by atoms with van der Waals surface area (Å²) in [5, 5.41) is 2.63. The summed E-state index contributed by atoms with van der Waals surface area (Å²) in [5.74, 6) is -1.92. The Morgan fingerprint density at radius 3 is 2.31 bits per heavy atom. The Morgan fingerprint density at radius 1 is 1.03 bits per heavy atom. The Hall–Kier alpha value is -2.78. The smallest absolute Gasteiger partial charge is 0.255 e. The van der Waals surface area contributed by atoms with Gasteiger partial charge >= 0.3 is 0 Å². The van der Waals surface area contributed by atoms with E-state index in [0.717, 1.165) is 31.4 Å². The second-order valence-electron chi connectivity index (χ2n) is 6.90. The van der Waals surface area contributed by atoms with Crippen molar-refractivity contribution in [3.8, 4) is 0 Å². The lowest BCUT2D eigenvalue weighted by Crippen LogP contribution is -2.36. The van der Waals surface area contributed by atoms with E-state index in [-0.39, 0.29) is 12.0 Å². The second-order valence-corrected chi connectivity index (χ2v) is 8.81. The highest BCUT2D eigenvalue weighted by molar-refractivity contribution is 7.89. The Morgan fingerprint density at radius 2 is 1.69 bits per heavy atom. The van der Waals surface area contributed by atoms with E-state index in [2.05, 4.69) is 5.32 Å². The number of carbonyl (C=O) groups excluding carboxylic acids is 2. The van der Waals surface area contributed by atoms with Gasteiger partial charge in [-0.05, 0) is 48.7 Å². The Balaban J connectivity index is 1.79. The summed E-state index contributed by atoms with van der Waals surface area (Å²) >= 11 is 0. The van der Waals surface area contributed by atoms with Crippen molar-refractivity contribution in [3.63, 3.8) is 0 Å². The van der Waals surface area contributed by atoms with Gasteiger partial charge in [0.15, 0.2) is 0 Å². The molecule has 2 amide bonds. The van der Waals surface area contributed by atoms with Crippen LogP contribution in [0.5, 0.6) is 0 Å². The van der Waals surface area contributed by atoms with Gasteiger partial charge in [-0.15, -0.1) is 0 Å². The van der Waals surface area contributed by atoms with Crippen LogP contribution in [0.4, 0.5) is 10.1 Å². The third kappa shape index (κ3) is 4.99. The highest BCUT2D eigenvalue weighted by Gasteiger charge is 2.29. The Kier molecular flexibility index (Phi) is 6.29. The number of nitrogens with zero attached hydrogens (tertiary/aromatic N) is 1. The van der Waals surface area contributed by atoms with Crippen molar-refractivity contribution in [1.29, 1.82) is 0 Å². The minimum atomic E-state index is -4.00. The van der Waals surface area contributed by atoms with Crippen LogP contribution in [0.2, 0.25) is 0 Å². The van der Waals surface area contributed by atoms with Crippen LogP contribution >= 0.6 is 0 Å². The molecule has 2 aromatic rings. The van der Waals surface area contributed by atoms with Gasteiger partial charge in [0.1, 0.15) is 10.7 Å². The molecule has 0 spiro atoms. The zero-order valence-corrected chi connectivity index (χ0v) is 16.5. The Bertz CT molecular complexity index is 1020. The molecule has 9 heteroatoms. The van der Waals surface area contributed by atoms with Crippen molar-refractivity contribution in [2.75, 3.05) is 18.4 Å². The van der Waals surface area contributed by atoms with Crippen molar-refractivity contribution >= 4 is 27.5 Å². The topological polar surface area (TPSA) is 110 Å². The number of carbonyl (C=O) groups is 2. The molecule has 29 heavy (non-hydrogen) atoms. The molecule has 0 unspecified atom stereocenters. The lowest BCUT2D eigenvalue weighted by molar-refractivity contribution is -0.117. The molecule has 0 aromatic heterocycles. The van der Waals surface area contributed by atoms with E-state index in [9.17, 15) is 22.4 Å². The summed E-state index contributed by atoms with van der Waals surface area (Å²) < 4.78 is 41.1. The average molecular weight is 419 g/mol. The summed E-state index contributed by atoms with van der Waals surface area (Å²) in [6.45, 7) is 0.686. The van der Waals surface area contributed by atoms with Crippen LogP contribution in [0.25, 0.3) is 0 Å². The minimum absolute atomic E-state index is 0.0307. The van der Waals surface area contributed by atoms with E-state index in [4.69, 9.17) is 5.73 Å². The first kappa shape index (κ1) is 20.9. The maximum Gasteiger partial charge on any atom is 0.255 e. The first-order valence-corrected chi connectivity index (χ1v) is 10.7. The van der Waals surface area contributed by atoms with Crippen LogP contribution in [0.15, 0.2) is 47.4 Å². The summed E-state index contributed by atoms with van der Waals surface area (Å²) in [5.41, 5.74) is 6.33. The molecule has 0 atom stereocenters. The first-order valence-electron chi connectivity index (χ1n) is 9.25. The van der Waals surface area contributed by atoms with Crippen molar-refractivity contribution < 1.29 is 22.4 Å². The quantitative estimate of drug-likeness (QED) is 0.748. The Labute approximate surface area is 168 Å². The zero-order valence-electron chi connectivity index (χ0n) is 15.7. The number of amides is 2. The molecular formula is C20H22FN3O4S. The first-order chi connectivity index (χ1) is 13.8. The van der Waals surface area contributed by atoms with Crippen LogP contribution in [0, 0.1) is 5.82 Å². The predicted molar refractivity (Wildman–Crippen MR) is 106 cm³/mol. The molecule has 0 bridgehead atoms. The standard InChI is InChI=1S/C20H22FN3O4S/c21-17-9-6-15(13-18(17)29(27,28)24-10-2-1-3-11-24)20(26)23-16-7-4-14(5-8-16)12-19(22)25/h4-9,13H,1-3,10-12H2,(H2,22,25)(H,23,26). The summed E-state index contributed by atoms with van der Waals surface area (Å²) in [4.78, 5) is 23.0. The number of nitrogens with one attached hydrogen (secondary N) is 1. The van der Waals surface area contributed by atoms with Crippen LogP contribution in [0.1, 0.15) is 35.2 Å². The molecule has 1 fully saturated rings. The molecule has 2 aromatic carbocycles. The number of rotatable bonds is 6. The van der Waals surface area contributed by atoms with Crippen molar-refractivity contribution in [1.82, 2.24) is 4.31 Å². The maximum absolute atomic E-state index is 14.3. The van der Waals surface area contributed by atoms with Gasteiger partial charge in [-0.3, -0.25) is 9.59 Å². The number of halogens is 1. The van der Waals surface area contributed by atoms with Gasteiger partial charge in [-0.25, -0.2) is 12.8 Å². The summed E-state index contributed by atoms with van der Waals surface area (Å²) in [6.07, 6.45) is 2.48. The van der Waals surface area contributed by atoms with Crippen molar-refractivity contribution in [3.05, 3.63) is 59.4 Å². The maximum atomic E-state index is 14.3. The normalized spacial score (nSPS) is 15.1. The van der Waals surface area contributed by atoms with Crippen LogP contribution < -0.4 is 11.1 Å². The largest absolute Gasteiger partial charge is 0.369 e. The number of piperidine rings is 1. The van der Waals surface area contributed by atoms with Gasteiger partial charge in [-0.1, -0.05) is 18.6 Å². The van der Waals surface area contributed by atoms with Crippen LogP contribution in [-0.2, 0) is 21.2 Å². The van der Waals surface area contributed by atoms with E-state index >= 15 is 0 Å². The van der Waals surface area contributed by atoms with E-state index < -0.39 is 32.6 Å². The molecule has 1 aliphatic rings. The second kappa shape index (κ2) is 8.71.